The van der Waals surface area contributed by atoms with Gasteiger partial charge in [0.15, 0.2) is 6.61 Å². The molecule has 0 fully saturated rings. The molecule has 0 bridgehead atoms. The van der Waals surface area contributed by atoms with Crippen molar-refractivity contribution in [2.75, 3.05) is 25.2 Å². The third kappa shape index (κ3) is 3.80. The molecule has 0 spiro atoms. The van der Waals surface area contributed by atoms with Crippen LogP contribution in [-0.4, -0.2) is 43.1 Å². The number of hydrogen-bond donors (Lipinski definition) is 3. The van der Waals surface area contributed by atoms with Gasteiger partial charge in [0.2, 0.25) is 0 Å². The Morgan fingerprint density at radius 3 is 2.57 bits per heavy atom. The molecule has 2 aromatic carbocycles. The minimum absolute atomic E-state index is 0.0473. The first-order chi connectivity index (χ1) is 13.4. The van der Waals surface area contributed by atoms with Crippen LogP contribution >= 0.6 is 0 Å². The first-order valence-electron chi connectivity index (χ1n) is 8.39. The topological polar surface area (TPSA) is 126 Å². The number of nitrogen functional groups attached to an aromatic ring is 1. The van der Waals surface area contributed by atoms with Crippen LogP contribution in [0.25, 0.3) is 5.57 Å². The van der Waals surface area contributed by atoms with E-state index in [1.54, 1.807) is 53.4 Å². The highest BCUT2D eigenvalue weighted by Crippen LogP contribution is 2.33. The number of rotatable bonds is 7. The van der Waals surface area contributed by atoms with Crippen molar-refractivity contribution in [3.05, 3.63) is 65.4 Å². The molecule has 8 nitrogen and oxygen atoms in total. The number of carboxylic acid groups (broad SMARTS) is 1. The summed E-state index contributed by atoms with van der Waals surface area (Å²) in [6, 6.07) is 13.4. The van der Waals surface area contributed by atoms with E-state index in [1.165, 1.54) is 7.11 Å². The van der Waals surface area contributed by atoms with Crippen LogP contribution in [0, 0.1) is 5.41 Å². The summed E-state index contributed by atoms with van der Waals surface area (Å²) in [6.07, 6.45) is 0. The Morgan fingerprint density at radius 2 is 1.96 bits per heavy atom. The van der Waals surface area contributed by atoms with Crippen molar-refractivity contribution in [3.63, 3.8) is 0 Å². The second-order valence-electron chi connectivity index (χ2n) is 6.06. The van der Waals surface area contributed by atoms with Crippen LogP contribution in [0.5, 0.6) is 5.75 Å². The lowest BCUT2D eigenvalue weighted by Crippen LogP contribution is -2.26. The van der Waals surface area contributed by atoms with Gasteiger partial charge in [-0.25, -0.2) is 4.79 Å². The minimum atomic E-state index is -1.08. The summed E-state index contributed by atoms with van der Waals surface area (Å²) in [7, 11) is 1.50. The normalized spacial score (nSPS) is 13.6. The van der Waals surface area contributed by atoms with Crippen LogP contribution in [0.1, 0.15) is 11.1 Å². The summed E-state index contributed by atoms with van der Waals surface area (Å²) >= 11 is 0. The molecule has 2 aromatic rings. The molecule has 0 aromatic heterocycles. The summed E-state index contributed by atoms with van der Waals surface area (Å²) in [5.41, 5.74) is 7.65. The molecule has 0 atom stereocenters. The lowest BCUT2D eigenvalue weighted by molar-refractivity contribution is -0.139. The number of amidine groups is 1. The van der Waals surface area contributed by atoms with E-state index in [0.29, 0.717) is 33.9 Å². The van der Waals surface area contributed by atoms with E-state index in [9.17, 15) is 9.59 Å². The zero-order chi connectivity index (χ0) is 20.3. The van der Waals surface area contributed by atoms with Crippen molar-refractivity contribution in [2.45, 2.75) is 0 Å². The molecule has 3 rings (SSSR count). The second-order valence-corrected chi connectivity index (χ2v) is 6.06. The highest BCUT2D eigenvalue weighted by molar-refractivity contribution is 6.29. The first kappa shape index (κ1) is 19.0. The van der Waals surface area contributed by atoms with Gasteiger partial charge in [0, 0.05) is 11.3 Å². The third-order valence-corrected chi connectivity index (χ3v) is 4.26. The average molecular weight is 381 g/mol. The molecule has 1 amide bonds. The van der Waals surface area contributed by atoms with E-state index < -0.39 is 12.6 Å². The van der Waals surface area contributed by atoms with Gasteiger partial charge in [-0.15, -0.1) is 0 Å². The fourth-order valence-corrected chi connectivity index (χ4v) is 2.92. The Hall–Kier alpha value is -3.81. The van der Waals surface area contributed by atoms with Crippen LogP contribution < -0.4 is 15.4 Å². The number of carbonyl (C=O) groups excluding carboxylic acids is 1. The number of aliphatic carboxylic acids is 1. The quantitative estimate of drug-likeness (QED) is 0.496. The van der Waals surface area contributed by atoms with Crippen molar-refractivity contribution in [1.82, 2.24) is 0 Å². The highest BCUT2D eigenvalue weighted by Gasteiger charge is 2.33. The number of anilines is 1. The maximum Gasteiger partial charge on any atom is 0.341 e. The molecule has 0 saturated heterocycles. The van der Waals surface area contributed by atoms with Gasteiger partial charge in [-0.05, 0) is 42.0 Å². The molecular formula is C20H19N3O5. The molecule has 1 aliphatic rings. The molecule has 4 N–H and O–H groups in total. The summed E-state index contributed by atoms with van der Waals surface area (Å²) in [5, 5.41) is 16.2. The van der Waals surface area contributed by atoms with Crippen LogP contribution in [0.15, 0.2) is 54.3 Å². The number of hydrogen-bond acceptors (Lipinski definition) is 5. The molecule has 8 heteroatoms. The van der Waals surface area contributed by atoms with Crippen LogP contribution in [0.2, 0.25) is 0 Å². The van der Waals surface area contributed by atoms with Gasteiger partial charge in [0.05, 0.1) is 19.2 Å². The van der Waals surface area contributed by atoms with Crippen molar-refractivity contribution < 1.29 is 24.2 Å². The van der Waals surface area contributed by atoms with E-state index >= 15 is 0 Å². The number of carboxylic acids is 1. The molecule has 0 aliphatic carbocycles. The molecule has 0 radical (unpaired) electrons. The predicted octanol–water partition coefficient (Wildman–Crippen LogP) is 1.84. The third-order valence-electron chi connectivity index (χ3n) is 4.26. The van der Waals surface area contributed by atoms with Gasteiger partial charge in [-0.3, -0.25) is 10.2 Å². The predicted molar refractivity (Wildman–Crippen MR) is 103 cm³/mol. The molecular weight excluding hydrogens is 362 g/mol. The first-order valence-corrected chi connectivity index (χ1v) is 8.39. The monoisotopic (exact) mass is 381 g/mol. The van der Waals surface area contributed by atoms with E-state index in [2.05, 4.69) is 0 Å². The molecule has 144 valence electrons. The zero-order valence-corrected chi connectivity index (χ0v) is 15.1. The van der Waals surface area contributed by atoms with Gasteiger partial charge < -0.3 is 25.2 Å². The van der Waals surface area contributed by atoms with Crippen LogP contribution in [0.3, 0.4) is 0 Å². The Balaban J connectivity index is 1.89. The average Bonchev–Trinajstić information content (AvgIpc) is 3.03. The number of ether oxygens (including phenoxy) is 2. The summed E-state index contributed by atoms with van der Waals surface area (Å²) in [6.45, 7) is -0.216. The largest absolute Gasteiger partial charge is 0.498 e. The van der Waals surface area contributed by atoms with Crippen molar-refractivity contribution in [2.24, 2.45) is 5.73 Å². The molecule has 0 saturated carbocycles. The maximum absolute atomic E-state index is 13.1. The van der Waals surface area contributed by atoms with Gasteiger partial charge in [-0.1, -0.05) is 12.1 Å². The number of nitrogens with two attached hydrogens (primary N) is 1. The summed E-state index contributed by atoms with van der Waals surface area (Å²) in [4.78, 5) is 25.3. The Labute approximate surface area is 161 Å². The zero-order valence-electron chi connectivity index (χ0n) is 15.1. The number of methoxy groups -OCH3 is 1. The standard InChI is InChI=1S/C20H19N3O5/c1-27-16-10-23(14-7-5-12(6-8-14)19(21)22)20(26)18(16)13-3-2-4-15(9-13)28-11-17(24)25/h2-9H,10-11H2,1H3,(H3,21,22)(H,24,25). The van der Waals surface area contributed by atoms with Crippen molar-refractivity contribution in [1.29, 1.82) is 5.41 Å². The Bertz CT molecular complexity index is 966. The van der Waals surface area contributed by atoms with Crippen LogP contribution in [0.4, 0.5) is 5.69 Å². The fraction of sp³-hybridized carbons (Fsp3) is 0.150. The maximum atomic E-state index is 13.1. The van der Waals surface area contributed by atoms with E-state index in [4.69, 9.17) is 25.7 Å². The number of benzene rings is 2. The van der Waals surface area contributed by atoms with Gasteiger partial charge >= 0.3 is 5.97 Å². The van der Waals surface area contributed by atoms with E-state index in [1.807, 2.05) is 0 Å². The molecule has 28 heavy (non-hydrogen) atoms. The van der Waals surface area contributed by atoms with Gasteiger partial charge in [0.25, 0.3) is 5.91 Å². The number of nitrogens with one attached hydrogen (secondary N) is 1. The smallest absolute Gasteiger partial charge is 0.341 e. The lowest BCUT2D eigenvalue weighted by atomic mass is 10.1. The van der Waals surface area contributed by atoms with Gasteiger partial charge in [-0.2, -0.15) is 0 Å². The van der Waals surface area contributed by atoms with E-state index in [-0.39, 0.29) is 18.3 Å². The summed E-state index contributed by atoms with van der Waals surface area (Å²) in [5.74, 6) is -0.535. The Morgan fingerprint density at radius 1 is 1.25 bits per heavy atom. The SMILES string of the molecule is COC1=C(c2cccc(OCC(=O)O)c2)C(=O)N(c2ccc(C(=N)N)cc2)C1. The number of amides is 1. The molecule has 0 unspecified atom stereocenters. The van der Waals surface area contributed by atoms with Crippen molar-refractivity contribution >= 4 is 29.0 Å². The number of carbonyl (C=O) groups is 2. The van der Waals surface area contributed by atoms with Crippen LogP contribution in [-0.2, 0) is 14.3 Å². The number of nitrogens with zero attached hydrogens (tertiary/aromatic N) is 1. The minimum Gasteiger partial charge on any atom is -0.498 e. The Kier molecular flexibility index (Phi) is 5.30. The molecule has 1 heterocycles. The van der Waals surface area contributed by atoms with E-state index in [0.717, 1.165) is 0 Å². The van der Waals surface area contributed by atoms with Gasteiger partial charge in [0.1, 0.15) is 17.3 Å². The molecule has 1 aliphatic heterocycles. The lowest BCUT2D eigenvalue weighted by Gasteiger charge is -2.17. The second kappa shape index (κ2) is 7.83. The fourth-order valence-electron chi connectivity index (χ4n) is 2.92. The van der Waals surface area contributed by atoms with Crippen molar-refractivity contribution in [3.8, 4) is 5.75 Å². The summed E-state index contributed by atoms with van der Waals surface area (Å²) < 4.78 is 10.6. The highest BCUT2D eigenvalue weighted by atomic mass is 16.5.